The van der Waals surface area contributed by atoms with Crippen LogP contribution in [0.2, 0.25) is 0 Å². The third-order valence-electron chi connectivity index (χ3n) is 5.20. The van der Waals surface area contributed by atoms with Gasteiger partial charge < -0.3 is 5.11 Å². The van der Waals surface area contributed by atoms with Crippen molar-refractivity contribution in [2.45, 2.75) is 44.1 Å². The molecule has 3 atom stereocenters. The number of carboxylic acids is 1. The summed E-state index contributed by atoms with van der Waals surface area (Å²) in [6.07, 6.45) is 6.77. The largest absolute Gasteiger partial charge is 0.481 e. The number of nitrogens with zero attached hydrogens (tertiary/aromatic N) is 2. The molecule has 1 N–H and O–H groups in total. The predicted molar refractivity (Wildman–Crippen MR) is 82.8 cm³/mol. The fraction of sp³-hybridized carbons (Fsp3) is 0.444. The van der Waals surface area contributed by atoms with Crippen molar-refractivity contribution in [1.82, 2.24) is 9.78 Å². The summed E-state index contributed by atoms with van der Waals surface area (Å²) >= 11 is 0. The first kappa shape index (κ1) is 13.6. The highest BCUT2D eigenvalue weighted by Gasteiger charge is 2.33. The molecule has 2 aliphatic rings. The van der Waals surface area contributed by atoms with Crippen molar-refractivity contribution in [2.24, 2.45) is 5.92 Å². The van der Waals surface area contributed by atoms with Crippen molar-refractivity contribution in [1.29, 1.82) is 0 Å². The van der Waals surface area contributed by atoms with E-state index in [1.165, 1.54) is 16.8 Å². The third-order valence-corrected chi connectivity index (χ3v) is 5.20. The number of aliphatic carboxylic acids is 1. The van der Waals surface area contributed by atoms with Gasteiger partial charge in [-0.05, 0) is 43.2 Å². The molecule has 0 aliphatic heterocycles. The van der Waals surface area contributed by atoms with E-state index in [1.807, 2.05) is 10.7 Å². The van der Waals surface area contributed by atoms with Crippen molar-refractivity contribution in [3.63, 3.8) is 0 Å². The fourth-order valence-corrected chi connectivity index (χ4v) is 3.99. The van der Waals surface area contributed by atoms with E-state index < -0.39 is 5.97 Å². The van der Waals surface area contributed by atoms with Gasteiger partial charge in [0.05, 0.1) is 17.7 Å². The molecule has 22 heavy (non-hydrogen) atoms. The van der Waals surface area contributed by atoms with E-state index in [2.05, 4.69) is 30.5 Å². The Morgan fingerprint density at radius 3 is 2.73 bits per heavy atom. The lowest BCUT2D eigenvalue weighted by Crippen LogP contribution is -2.12. The quantitative estimate of drug-likeness (QED) is 0.944. The molecule has 3 unspecified atom stereocenters. The van der Waals surface area contributed by atoms with E-state index in [4.69, 9.17) is 10.2 Å². The van der Waals surface area contributed by atoms with Crippen molar-refractivity contribution in [3.05, 3.63) is 53.3 Å². The molecule has 1 fully saturated rings. The lowest BCUT2D eigenvalue weighted by Gasteiger charge is -2.13. The van der Waals surface area contributed by atoms with Gasteiger partial charge >= 0.3 is 5.97 Å². The van der Waals surface area contributed by atoms with Gasteiger partial charge in [0, 0.05) is 12.1 Å². The van der Waals surface area contributed by atoms with Crippen LogP contribution in [0.3, 0.4) is 0 Å². The molecule has 1 saturated carbocycles. The van der Waals surface area contributed by atoms with E-state index in [1.54, 1.807) is 0 Å². The van der Waals surface area contributed by atoms with E-state index >= 15 is 0 Å². The summed E-state index contributed by atoms with van der Waals surface area (Å²) < 4.78 is 2.04. The molecule has 2 aliphatic carbocycles. The zero-order valence-electron chi connectivity index (χ0n) is 12.5. The normalized spacial score (nSPS) is 27.0. The number of carboxylic acid groups (broad SMARTS) is 1. The maximum Gasteiger partial charge on any atom is 0.306 e. The average Bonchev–Trinajstić information content (AvgIpc) is 3.22. The minimum atomic E-state index is -0.663. The number of carbonyl (C=O) groups is 1. The summed E-state index contributed by atoms with van der Waals surface area (Å²) in [5.41, 5.74) is 3.87. The zero-order valence-corrected chi connectivity index (χ0v) is 12.5. The summed E-state index contributed by atoms with van der Waals surface area (Å²) in [6.45, 7) is 0. The van der Waals surface area contributed by atoms with Crippen LogP contribution in [0.25, 0.3) is 0 Å². The van der Waals surface area contributed by atoms with Gasteiger partial charge in [-0.3, -0.25) is 9.48 Å². The number of aromatic nitrogens is 2. The zero-order chi connectivity index (χ0) is 15.1. The Morgan fingerprint density at radius 2 is 2.00 bits per heavy atom. The molecule has 0 spiro atoms. The Morgan fingerprint density at radius 1 is 1.18 bits per heavy atom. The van der Waals surface area contributed by atoms with Crippen LogP contribution in [0.5, 0.6) is 0 Å². The van der Waals surface area contributed by atoms with Gasteiger partial charge in [0.1, 0.15) is 0 Å². The van der Waals surface area contributed by atoms with Crippen molar-refractivity contribution < 1.29 is 9.90 Å². The van der Waals surface area contributed by atoms with Gasteiger partial charge in [0.15, 0.2) is 0 Å². The standard InChI is InChI=1S/C18H20N2O2/c21-18(22)13-6-8-15(10-13)20-11-14-7-9-16(17(14)19-20)12-4-2-1-3-5-12/h1-5,11,13,15-16H,6-10H2,(H,21,22). The number of aryl methyl sites for hydroxylation is 1. The molecular weight excluding hydrogens is 276 g/mol. The molecule has 4 heteroatoms. The van der Waals surface area contributed by atoms with Crippen molar-refractivity contribution in [2.75, 3.05) is 0 Å². The molecule has 2 aromatic rings. The molecule has 0 radical (unpaired) electrons. The van der Waals surface area contributed by atoms with Crippen LogP contribution in [0.4, 0.5) is 0 Å². The highest BCUT2D eigenvalue weighted by atomic mass is 16.4. The Balaban J connectivity index is 1.58. The van der Waals surface area contributed by atoms with E-state index in [0.717, 1.165) is 25.7 Å². The topological polar surface area (TPSA) is 55.1 Å². The van der Waals surface area contributed by atoms with E-state index in [9.17, 15) is 4.79 Å². The first-order chi connectivity index (χ1) is 10.7. The molecular formula is C18H20N2O2. The van der Waals surface area contributed by atoms with Crippen LogP contribution in [-0.2, 0) is 11.2 Å². The molecule has 114 valence electrons. The monoisotopic (exact) mass is 296 g/mol. The maximum absolute atomic E-state index is 11.1. The van der Waals surface area contributed by atoms with E-state index in [0.29, 0.717) is 12.3 Å². The minimum Gasteiger partial charge on any atom is -0.481 e. The summed E-state index contributed by atoms with van der Waals surface area (Å²) in [4.78, 5) is 11.1. The second-order valence-electron chi connectivity index (χ2n) is 6.52. The average molecular weight is 296 g/mol. The van der Waals surface area contributed by atoms with Gasteiger partial charge in [0.25, 0.3) is 0 Å². The second-order valence-corrected chi connectivity index (χ2v) is 6.52. The van der Waals surface area contributed by atoms with Crippen LogP contribution in [0.1, 0.15) is 54.5 Å². The number of fused-ring (bicyclic) bond motifs is 1. The van der Waals surface area contributed by atoms with Crippen LogP contribution in [0, 0.1) is 5.92 Å². The minimum absolute atomic E-state index is 0.200. The second kappa shape index (κ2) is 5.27. The summed E-state index contributed by atoms with van der Waals surface area (Å²) in [5, 5.41) is 14.0. The van der Waals surface area contributed by atoms with E-state index in [-0.39, 0.29) is 12.0 Å². The third kappa shape index (κ3) is 2.23. The molecule has 1 heterocycles. The van der Waals surface area contributed by atoms with Crippen LogP contribution < -0.4 is 0 Å². The van der Waals surface area contributed by atoms with Gasteiger partial charge in [-0.1, -0.05) is 30.3 Å². The van der Waals surface area contributed by atoms with Crippen molar-refractivity contribution >= 4 is 5.97 Å². The molecule has 4 nitrogen and oxygen atoms in total. The first-order valence-corrected chi connectivity index (χ1v) is 8.08. The number of hydrogen-bond acceptors (Lipinski definition) is 2. The lowest BCUT2D eigenvalue weighted by molar-refractivity contribution is -0.141. The van der Waals surface area contributed by atoms with Gasteiger partial charge in [-0.15, -0.1) is 0 Å². The van der Waals surface area contributed by atoms with Gasteiger partial charge in [0.2, 0.25) is 0 Å². The highest BCUT2D eigenvalue weighted by Crippen LogP contribution is 2.40. The van der Waals surface area contributed by atoms with Crippen molar-refractivity contribution in [3.8, 4) is 0 Å². The summed E-state index contributed by atoms with van der Waals surface area (Å²) in [5.74, 6) is -0.465. The fourth-order valence-electron chi connectivity index (χ4n) is 3.99. The van der Waals surface area contributed by atoms with Crippen LogP contribution in [0.15, 0.2) is 36.5 Å². The number of benzene rings is 1. The highest BCUT2D eigenvalue weighted by molar-refractivity contribution is 5.70. The Hall–Kier alpha value is -2.10. The molecule has 4 rings (SSSR count). The molecule has 0 amide bonds. The molecule has 1 aromatic heterocycles. The Kier molecular flexibility index (Phi) is 3.25. The number of rotatable bonds is 3. The van der Waals surface area contributed by atoms with Gasteiger partial charge in [-0.25, -0.2) is 0 Å². The predicted octanol–water partition coefficient (Wildman–Crippen LogP) is 3.39. The Labute approximate surface area is 129 Å². The van der Waals surface area contributed by atoms with Crippen LogP contribution >= 0.6 is 0 Å². The SMILES string of the molecule is O=C(O)C1CCC(n2cc3c(n2)C(c2ccccc2)CC3)C1. The van der Waals surface area contributed by atoms with Gasteiger partial charge in [-0.2, -0.15) is 5.10 Å². The number of hydrogen-bond donors (Lipinski definition) is 1. The first-order valence-electron chi connectivity index (χ1n) is 8.08. The molecule has 0 bridgehead atoms. The maximum atomic E-state index is 11.1. The Bertz CT molecular complexity index is 692. The summed E-state index contributed by atoms with van der Waals surface area (Å²) in [6, 6.07) is 10.8. The lowest BCUT2D eigenvalue weighted by atomic mass is 9.97. The summed E-state index contributed by atoms with van der Waals surface area (Å²) in [7, 11) is 0. The smallest absolute Gasteiger partial charge is 0.306 e. The molecule has 0 saturated heterocycles. The van der Waals surface area contributed by atoms with Crippen LogP contribution in [-0.4, -0.2) is 20.9 Å². The molecule has 1 aromatic carbocycles.